The number of unbranched alkanes of at least 4 members (excludes halogenated alkanes) is 8. The summed E-state index contributed by atoms with van der Waals surface area (Å²) in [5.41, 5.74) is 27.1. The summed E-state index contributed by atoms with van der Waals surface area (Å²) in [4.78, 5) is 10.1. The second-order valence-electron chi connectivity index (χ2n) is 19.5. The maximum Gasteiger partial charge on any atom is 0.234 e. The minimum Gasteiger partial charge on any atom is -0.393 e. The summed E-state index contributed by atoms with van der Waals surface area (Å²) in [7, 11) is 0. The minimum atomic E-state index is 0.768. The van der Waals surface area contributed by atoms with Gasteiger partial charge in [0.25, 0.3) is 0 Å². The topological polar surface area (TPSA) is 71.0 Å². The second kappa shape index (κ2) is 30.3. The molecule has 4 aromatic rings. The number of hydrogen-bond acceptors (Lipinski definition) is 6. The molecule has 0 atom stereocenters. The molecule has 8 nitrogen and oxygen atoms in total. The van der Waals surface area contributed by atoms with E-state index in [0.29, 0.717) is 0 Å². The van der Waals surface area contributed by atoms with Crippen LogP contribution in [0.4, 0.5) is 56.9 Å². The highest BCUT2D eigenvalue weighted by molar-refractivity contribution is 6.21. The molecule has 0 saturated heterocycles. The zero-order valence-corrected chi connectivity index (χ0v) is 45.2. The number of hydrogen-bond donors (Lipinski definition) is 2. The Labute approximate surface area is 426 Å². The number of anilines is 6. The van der Waals surface area contributed by atoms with Gasteiger partial charge in [0, 0.05) is 136 Å². The van der Waals surface area contributed by atoms with Crippen molar-refractivity contribution >= 4 is 68.3 Å². The molecule has 0 fully saturated rings. The molecular weight excluding hydrogens is 857 g/mol. The summed E-state index contributed by atoms with van der Waals surface area (Å²) in [5.74, 6) is 0. The van der Waals surface area contributed by atoms with Gasteiger partial charge >= 0.3 is 0 Å². The van der Waals surface area contributed by atoms with Gasteiger partial charge < -0.3 is 31.1 Å². The Kier molecular flexibility index (Phi) is 24.0. The lowest BCUT2D eigenvalue weighted by molar-refractivity contribution is 0.678. The fraction of sp³-hybridized carbons (Fsp3) is 0.516. The predicted octanol–water partition coefficient (Wildman–Crippen LogP) is 15.9. The third-order valence-electron chi connectivity index (χ3n) is 13.8. The minimum absolute atomic E-state index is 0.768. The van der Waals surface area contributed by atoms with Crippen molar-refractivity contribution in [3.63, 3.8) is 0 Å². The Morgan fingerprint density at radius 1 is 0.314 bits per heavy atom. The van der Waals surface area contributed by atoms with Gasteiger partial charge in [-0.15, -0.1) is 0 Å². The molecule has 0 spiro atoms. The number of nitrogen functional groups attached to an aromatic ring is 2. The molecule has 8 heteroatoms. The molecule has 1 aliphatic rings. The van der Waals surface area contributed by atoms with Crippen LogP contribution in [0.25, 0.3) is 0 Å². The van der Waals surface area contributed by atoms with Gasteiger partial charge in [0.15, 0.2) is 0 Å². The molecule has 0 unspecified atom stereocenters. The van der Waals surface area contributed by atoms with E-state index in [0.717, 1.165) is 149 Å². The first kappa shape index (κ1) is 55.4. The van der Waals surface area contributed by atoms with E-state index in [2.05, 4.69) is 193 Å². The zero-order valence-electron chi connectivity index (χ0n) is 45.2. The molecule has 4 aromatic carbocycles. The SMILES string of the molecule is CCCCN(CCCC)c1ccc([N+](=C2C=CC(=[N+](c3ccc(N(CCCC)CCCC)cc3)c3ccc(N(CCCC)CCCC)cc3N)C=C2)c2ccc(N(CCCC)CCCC)cc2N)cc1. The summed E-state index contributed by atoms with van der Waals surface area (Å²) < 4.78 is 4.67. The van der Waals surface area contributed by atoms with E-state index in [1.165, 1.54) is 74.1 Å². The van der Waals surface area contributed by atoms with E-state index in [4.69, 9.17) is 11.5 Å². The average molecular weight is 951 g/mol. The van der Waals surface area contributed by atoms with E-state index in [9.17, 15) is 0 Å². The molecule has 0 saturated carbocycles. The Bertz CT molecular complexity index is 2060. The molecule has 1 aliphatic carbocycles. The van der Waals surface area contributed by atoms with Crippen LogP contribution < -0.4 is 40.2 Å². The average Bonchev–Trinajstić information content (AvgIpc) is 3.38. The summed E-state index contributed by atoms with van der Waals surface area (Å²) >= 11 is 0. The van der Waals surface area contributed by atoms with Crippen LogP contribution in [-0.4, -0.2) is 63.8 Å². The molecule has 70 heavy (non-hydrogen) atoms. The number of benzene rings is 4. The van der Waals surface area contributed by atoms with Gasteiger partial charge in [0.1, 0.15) is 11.4 Å². The molecule has 4 N–H and O–H groups in total. The van der Waals surface area contributed by atoms with Crippen molar-refractivity contribution in [3.05, 3.63) is 109 Å². The summed E-state index contributed by atoms with van der Waals surface area (Å²) in [6.07, 6.45) is 27.8. The predicted molar refractivity (Wildman–Crippen MR) is 314 cm³/mol. The molecule has 0 aromatic heterocycles. The molecule has 0 radical (unpaired) electrons. The van der Waals surface area contributed by atoms with E-state index in [-0.39, 0.29) is 0 Å². The molecular formula is C62H94N8+2. The second-order valence-corrected chi connectivity index (χ2v) is 19.5. The molecule has 0 bridgehead atoms. The quantitative estimate of drug-likeness (QED) is 0.0289. The Balaban J connectivity index is 1.68. The van der Waals surface area contributed by atoms with Crippen molar-refractivity contribution in [1.82, 2.24) is 9.15 Å². The summed E-state index contributed by atoms with van der Waals surface area (Å²) in [6.45, 7) is 26.6. The first-order valence-corrected chi connectivity index (χ1v) is 27.9. The third kappa shape index (κ3) is 15.8. The number of rotatable bonds is 32. The lowest BCUT2D eigenvalue weighted by atomic mass is 10.1. The van der Waals surface area contributed by atoms with Gasteiger partial charge in [-0.3, -0.25) is 0 Å². The first-order valence-electron chi connectivity index (χ1n) is 27.9. The van der Waals surface area contributed by atoms with Crippen molar-refractivity contribution in [2.45, 2.75) is 158 Å². The van der Waals surface area contributed by atoms with Crippen LogP contribution >= 0.6 is 0 Å². The highest BCUT2D eigenvalue weighted by atomic mass is 15.1. The van der Waals surface area contributed by atoms with Crippen LogP contribution in [-0.2, 0) is 0 Å². The van der Waals surface area contributed by atoms with Crippen molar-refractivity contribution in [3.8, 4) is 0 Å². The zero-order chi connectivity index (χ0) is 50.1. The number of nitrogens with zero attached hydrogens (tertiary/aromatic N) is 6. The van der Waals surface area contributed by atoms with Crippen molar-refractivity contribution in [1.29, 1.82) is 0 Å². The highest BCUT2D eigenvalue weighted by Crippen LogP contribution is 2.35. The van der Waals surface area contributed by atoms with Gasteiger partial charge in [-0.05, 0) is 99.9 Å². The van der Waals surface area contributed by atoms with E-state index >= 15 is 0 Å². The highest BCUT2D eigenvalue weighted by Gasteiger charge is 2.28. The molecule has 0 heterocycles. The smallest absolute Gasteiger partial charge is 0.234 e. The Morgan fingerprint density at radius 3 is 0.771 bits per heavy atom. The van der Waals surface area contributed by atoms with Crippen LogP contribution in [0.1, 0.15) is 158 Å². The Hall–Kier alpha value is -5.50. The number of nitrogens with two attached hydrogens (primary N) is 2. The number of allylic oxidation sites excluding steroid dienone is 4. The van der Waals surface area contributed by atoms with Gasteiger partial charge in [0.05, 0.1) is 0 Å². The van der Waals surface area contributed by atoms with E-state index < -0.39 is 0 Å². The molecule has 380 valence electrons. The van der Waals surface area contributed by atoms with Crippen molar-refractivity contribution in [2.24, 2.45) is 0 Å². The summed E-state index contributed by atoms with van der Waals surface area (Å²) in [5, 5.41) is 0. The van der Waals surface area contributed by atoms with Crippen LogP contribution in [0.5, 0.6) is 0 Å². The molecule has 0 amide bonds. The molecule has 5 rings (SSSR count). The molecule has 0 aliphatic heterocycles. The van der Waals surface area contributed by atoms with Crippen molar-refractivity contribution in [2.75, 3.05) is 83.4 Å². The maximum atomic E-state index is 7.20. The van der Waals surface area contributed by atoms with Crippen LogP contribution in [0.15, 0.2) is 109 Å². The van der Waals surface area contributed by atoms with Crippen LogP contribution in [0, 0.1) is 0 Å². The van der Waals surface area contributed by atoms with Gasteiger partial charge in [-0.2, -0.15) is 9.15 Å². The monoisotopic (exact) mass is 951 g/mol. The lowest BCUT2D eigenvalue weighted by Crippen LogP contribution is -2.26. The van der Waals surface area contributed by atoms with E-state index in [1.54, 1.807) is 0 Å². The summed E-state index contributed by atoms with van der Waals surface area (Å²) in [6, 6.07) is 31.7. The Morgan fingerprint density at radius 2 is 0.543 bits per heavy atom. The normalized spacial score (nSPS) is 12.2. The van der Waals surface area contributed by atoms with Gasteiger partial charge in [0.2, 0.25) is 34.2 Å². The van der Waals surface area contributed by atoms with Gasteiger partial charge in [-0.25, -0.2) is 0 Å². The standard InChI is InChI=1S/C62H93N8/c1-9-17-41-65(42-18-10-2)51-25-29-53(30-26-51)69(61-39-37-57(49-59(61)63)67(45-21-13-5)46-22-14-6)55-33-35-56(36-34-55)70(54-31-27-52(28-32-54)66(43-19-11-3)44-20-12-4)62-40-38-58(50-60(62)64)68(47-23-15-7)48-24-16-8/h25-40,49-50,63H,9-24,41-48,64H2,1-8H3/q+1/p+1. The third-order valence-corrected chi connectivity index (χ3v) is 13.8. The van der Waals surface area contributed by atoms with Gasteiger partial charge in [-0.1, -0.05) is 107 Å². The fourth-order valence-corrected chi connectivity index (χ4v) is 9.39. The van der Waals surface area contributed by atoms with Crippen LogP contribution in [0.2, 0.25) is 0 Å². The first-order chi connectivity index (χ1) is 34.2. The lowest BCUT2D eigenvalue weighted by Gasteiger charge is -2.25. The van der Waals surface area contributed by atoms with Crippen molar-refractivity contribution < 1.29 is 0 Å². The van der Waals surface area contributed by atoms with Crippen LogP contribution in [0.3, 0.4) is 0 Å². The maximum absolute atomic E-state index is 7.20. The fourth-order valence-electron chi connectivity index (χ4n) is 9.39. The van der Waals surface area contributed by atoms with E-state index in [1.807, 2.05) is 0 Å². The largest absolute Gasteiger partial charge is 0.393 e.